The maximum absolute atomic E-state index is 12.8. The van der Waals surface area contributed by atoms with Crippen LogP contribution >= 0.6 is 23.1 Å². The van der Waals surface area contributed by atoms with Crippen molar-refractivity contribution in [3.8, 4) is 0 Å². The molecule has 1 aliphatic rings. The zero-order valence-corrected chi connectivity index (χ0v) is 19.4. The van der Waals surface area contributed by atoms with Crippen molar-refractivity contribution in [3.63, 3.8) is 0 Å². The Morgan fingerprint density at radius 1 is 1.28 bits per heavy atom. The molecule has 1 aromatic carbocycles. The van der Waals surface area contributed by atoms with Gasteiger partial charge in [-0.05, 0) is 57.2 Å². The fourth-order valence-corrected chi connectivity index (χ4v) is 6.03. The number of aromatic amines is 1. The minimum atomic E-state index is -0.360. The average Bonchev–Trinajstić information content (AvgIpc) is 3.43. The zero-order chi connectivity index (χ0) is 22.2. The Morgan fingerprint density at radius 3 is 2.94 bits per heavy atom. The van der Waals surface area contributed by atoms with Gasteiger partial charge in [0.15, 0.2) is 5.16 Å². The van der Waals surface area contributed by atoms with Gasteiger partial charge in [-0.2, -0.15) is 0 Å². The number of thioether (sulfide) groups is 1. The Hall–Kier alpha value is -2.85. The van der Waals surface area contributed by atoms with Crippen LogP contribution in [0.1, 0.15) is 47.5 Å². The number of fused-ring (bicyclic) bond motifs is 4. The second-order valence-electron chi connectivity index (χ2n) is 7.97. The normalized spacial score (nSPS) is 13.6. The molecular formula is C22H23N5O3S2. The molecule has 0 unspecified atom stereocenters. The molecule has 0 atom stereocenters. The van der Waals surface area contributed by atoms with E-state index in [4.69, 9.17) is 4.74 Å². The number of carbonyl (C=O) groups is 2. The van der Waals surface area contributed by atoms with Gasteiger partial charge < -0.3 is 10.1 Å². The number of ether oxygens (including phenoxy) is 1. The van der Waals surface area contributed by atoms with E-state index < -0.39 is 0 Å². The monoisotopic (exact) mass is 469 g/mol. The number of nitrogens with one attached hydrogen (secondary N) is 2. The molecule has 4 aromatic rings. The molecule has 1 amide bonds. The molecule has 0 spiro atoms. The number of carbonyl (C=O) groups excluding carboxylic acids is 2. The third-order valence-electron chi connectivity index (χ3n) is 5.31. The highest BCUT2D eigenvalue weighted by molar-refractivity contribution is 7.99. The molecule has 0 aliphatic heterocycles. The Bertz CT molecular complexity index is 1320. The number of anilines is 1. The minimum Gasteiger partial charge on any atom is -0.459 e. The van der Waals surface area contributed by atoms with Crippen LogP contribution in [0.25, 0.3) is 16.8 Å². The largest absolute Gasteiger partial charge is 0.459 e. The number of aryl methyl sites for hydroxylation is 1. The summed E-state index contributed by atoms with van der Waals surface area (Å²) in [6, 6.07) is 7.79. The summed E-state index contributed by atoms with van der Waals surface area (Å²) in [5.74, 6) is 0.251. The molecule has 0 saturated heterocycles. The highest BCUT2D eigenvalue weighted by Gasteiger charge is 2.28. The second kappa shape index (κ2) is 8.59. The molecule has 32 heavy (non-hydrogen) atoms. The van der Waals surface area contributed by atoms with Gasteiger partial charge >= 0.3 is 5.97 Å². The first-order valence-electron chi connectivity index (χ1n) is 10.6. The van der Waals surface area contributed by atoms with E-state index in [1.165, 1.54) is 28.0 Å². The lowest BCUT2D eigenvalue weighted by Gasteiger charge is -2.14. The molecule has 8 nitrogen and oxygen atoms in total. The van der Waals surface area contributed by atoms with Gasteiger partial charge in [-0.25, -0.2) is 14.9 Å². The predicted octanol–water partition coefficient (Wildman–Crippen LogP) is 4.45. The second-order valence-corrected chi connectivity index (χ2v) is 10.0. The van der Waals surface area contributed by atoms with E-state index in [9.17, 15) is 9.59 Å². The Kier molecular flexibility index (Phi) is 5.64. The maximum Gasteiger partial charge on any atom is 0.341 e. The Balaban J connectivity index is 1.35. The lowest BCUT2D eigenvalue weighted by atomic mass is 9.95. The number of rotatable bonds is 6. The quantitative estimate of drug-likeness (QED) is 0.320. The van der Waals surface area contributed by atoms with Crippen LogP contribution in [0.3, 0.4) is 0 Å². The summed E-state index contributed by atoms with van der Waals surface area (Å²) >= 11 is 2.82. The van der Waals surface area contributed by atoms with Gasteiger partial charge in [0.1, 0.15) is 5.00 Å². The van der Waals surface area contributed by atoms with Crippen molar-refractivity contribution in [2.24, 2.45) is 0 Å². The van der Waals surface area contributed by atoms with Gasteiger partial charge in [-0.15, -0.1) is 16.4 Å². The number of hydrogen-bond acceptors (Lipinski definition) is 7. The third-order valence-corrected chi connectivity index (χ3v) is 7.45. The van der Waals surface area contributed by atoms with Crippen molar-refractivity contribution in [3.05, 3.63) is 40.3 Å². The summed E-state index contributed by atoms with van der Waals surface area (Å²) < 4.78 is 7.37. The standard InChI is InChI=1S/C22H23N5O3S2/c1-12(2)30-20(29)18-13-7-3-6-10-16(13)32-19(18)24-17(28)11-31-22-26-25-21-23-14-8-4-5-9-15(14)27(21)22/h4-5,8-9,12H,3,6-7,10-11H2,1-2H3,(H,23,25)(H,24,28). The van der Waals surface area contributed by atoms with E-state index in [2.05, 4.69) is 20.5 Å². The van der Waals surface area contributed by atoms with Crippen molar-refractivity contribution < 1.29 is 14.3 Å². The SMILES string of the molecule is CC(C)OC(=O)c1c(NC(=O)CSc2n[nH]c3nc4ccccc4n23)sc2c1CCCC2. The first-order chi connectivity index (χ1) is 15.5. The lowest BCUT2D eigenvalue weighted by Crippen LogP contribution is -2.18. The van der Waals surface area contributed by atoms with Crippen molar-refractivity contribution in [1.29, 1.82) is 0 Å². The van der Waals surface area contributed by atoms with Crippen molar-refractivity contribution in [2.75, 3.05) is 11.1 Å². The molecule has 5 rings (SSSR count). The van der Waals surface area contributed by atoms with Gasteiger partial charge in [0.25, 0.3) is 0 Å². The fraction of sp³-hybridized carbons (Fsp3) is 0.364. The van der Waals surface area contributed by atoms with E-state index in [1.807, 2.05) is 42.5 Å². The van der Waals surface area contributed by atoms with E-state index in [1.54, 1.807) is 0 Å². The molecule has 0 fully saturated rings. The van der Waals surface area contributed by atoms with Crippen LogP contribution < -0.4 is 5.32 Å². The first-order valence-corrected chi connectivity index (χ1v) is 12.4. The van der Waals surface area contributed by atoms with Crippen LogP contribution in [0, 0.1) is 0 Å². The summed E-state index contributed by atoms with van der Waals surface area (Å²) in [6.45, 7) is 3.66. The molecule has 166 valence electrons. The van der Waals surface area contributed by atoms with Crippen LogP contribution in [-0.2, 0) is 22.4 Å². The van der Waals surface area contributed by atoms with Crippen molar-refractivity contribution in [2.45, 2.75) is 50.8 Å². The molecule has 0 bridgehead atoms. The van der Waals surface area contributed by atoms with Crippen LogP contribution in [0.5, 0.6) is 0 Å². The summed E-state index contributed by atoms with van der Waals surface area (Å²) in [4.78, 5) is 31.3. The fourth-order valence-electron chi connectivity index (χ4n) is 3.97. The summed E-state index contributed by atoms with van der Waals surface area (Å²) in [5, 5.41) is 11.4. The zero-order valence-electron chi connectivity index (χ0n) is 17.8. The number of H-pyrrole nitrogens is 1. The van der Waals surface area contributed by atoms with Gasteiger partial charge in [0, 0.05) is 4.88 Å². The summed E-state index contributed by atoms with van der Waals surface area (Å²) in [5.41, 5.74) is 3.36. The van der Waals surface area contributed by atoms with E-state index in [0.29, 0.717) is 21.5 Å². The minimum absolute atomic E-state index is 0.160. The van der Waals surface area contributed by atoms with Crippen LogP contribution in [0.15, 0.2) is 29.4 Å². The highest BCUT2D eigenvalue weighted by atomic mass is 32.2. The summed E-state index contributed by atoms with van der Waals surface area (Å²) in [7, 11) is 0. The molecule has 0 saturated carbocycles. The molecule has 2 N–H and O–H groups in total. The van der Waals surface area contributed by atoms with E-state index >= 15 is 0 Å². The number of thiophene rings is 1. The molecule has 3 heterocycles. The molecule has 0 radical (unpaired) electrons. The smallest absolute Gasteiger partial charge is 0.341 e. The van der Waals surface area contributed by atoms with Crippen molar-refractivity contribution >= 4 is 56.8 Å². The Labute approximate surface area is 192 Å². The van der Waals surface area contributed by atoms with Gasteiger partial charge in [0.2, 0.25) is 11.7 Å². The molecule has 1 aliphatic carbocycles. The molecule has 3 aromatic heterocycles. The van der Waals surface area contributed by atoms with Gasteiger partial charge in [-0.1, -0.05) is 23.9 Å². The lowest BCUT2D eigenvalue weighted by molar-refractivity contribution is -0.113. The van der Waals surface area contributed by atoms with Crippen LogP contribution in [-0.4, -0.2) is 43.3 Å². The highest BCUT2D eigenvalue weighted by Crippen LogP contribution is 2.39. The molecule has 10 heteroatoms. The van der Waals surface area contributed by atoms with Gasteiger partial charge in [-0.3, -0.25) is 9.20 Å². The number of amides is 1. The average molecular weight is 470 g/mol. The first kappa shape index (κ1) is 21.0. The maximum atomic E-state index is 12.8. The number of nitrogens with zero attached hydrogens (tertiary/aromatic N) is 3. The Morgan fingerprint density at radius 2 is 2.09 bits per heavy atom. The van der Waals surface area contributed by atoms with Crippen LogP contribution in [0.2, 0.25) is 0 Å². The number of benzene rings is 1. The number of aromatic nitrogens is 4. The third kappa shape index (κ3) is 3.88. The predicted molar refractivity (Wildman–Crippen MR) is 126 cm³/mol. The topological polar surface area (TPSA) is 101 Å². The van der Waals surface area contributed by atoms with Crippen molar-refractivity contribution in [1.82, 2.24) is 19.6 Å². The van der Waals surface area contributed by atoms with E-state index in [-0.39, 0.29) is 23.7 Å². The summed E-state index contributed by atoms with van der Waals surface area (Å²) in [6.07, 6.45) is 3.71. The van der Waals surface area contributed by atoms with Gasteiger partial charge in [0.05, 0.1) is 28.5 Å². The van der Waals surface area contributed by atoms with Crippen LogP contribution in [0.4, 0.5) is 5.00 Å². The number of esters is 1. The molecular weight excluding hydrogens is 446 g/mol. The number of hydrogen-bond donors (Lipinski definition) is 2. The van der Waals surface area contributed by atoms with E-state index in [0.717, 1.165) is 42.3 Å². The number of para-hydroxylation sites is 2. The number of imidazole rings is 1.